The van der Waals surface area contributed by atoms with Crippen LogP contribution in [0.3, 0.4) is 0 Å². The van der Waals surface area contributed by atoms with Gasteiger partial charge in [-0.3, -0.25) is 19.1 Å². The highest BCUT2D eigenvalue weighted by molar-refractivity contribution is 7.92. The first-order valence-corrected chi connectivity index (χ1v) is 21.1. The van der Waals surface area contributed by atoms with Gasteiger partial charge in [0.25, 0.3) is 11.1 Å². The maximum atomic E-state index is 12.4. The molecule has 12 heteroatoms. The first kappa shape index (κ1) is 41.2. The molecule has 11 nitrogen and oxygen atoms in total. The third-order valence-electron chi connectivity index (χ3n) is 10.2. The zero-order valence-electron chi connectivity index (χ0n) is 34.4. The van der Waals surface area contributed by atoms with Crippen molar-refractivity contribution in [3.8, 4) is 44.5 Å². The molecule has 60 heavy (non-hydrogen) atoms. The van der Waals surface area contributed by atoms with Crippen molar-refractivity contribution in [2.75, 3.05) is 11.0 Å². The summed E-state index contributed by atoms with van der Waals surface area (Å²) < 4.78 is 37.4. The SMILES string of the molecule is CC(C)(C)c1cc(-c2ccc[nH]c2=O)cc2c(-c3ccc(NS(C)(=O)=O)cc3)coc12.CC(C)(C)c1cc(-c2ccc[nH]c2=O)cc2c(-c3cccc(C(N)=O)c3)coc12. The summed E-state index contributed by atoms with van der Waals surface area (Å²) in [5.74, 6) is -0.480. The number of sulfonamides is 1. The maximum Gasteiger partial charge on any atom is 0.255 e. The van der Waals surface area contributed by atoms with Crippen LogP contribution in [0.25, 0.3) is 66.4 Å². The molecule has 1 amide bonds. The lowest BCUT2D eigenvalue weighted by molar-refractivity contribution is 0.1000. The topological polar surface area (TPSA) is 181 Å². The van der Waals surface area contributed by atoms with E-state index in [1.54, 1.807) is 67.4 Å². The molecule has 4 aromatic carbocycles. The molecule has 8 aromatic rings. The molecule has 0 spiro atoms. The molecule has 0 unspecified atom stereocenters. The van der Waals surface area contributed by atoms with Gasteiger partial charge >= 0.3 is 0 Å². The maximum absolute atomic E-state index is 12.4. The van der Waals surface area contributed by atoms with Crippen molar-refractivity contribution in [3.63, 3.8) is 0 Å². The number of carbonyl (C=O) groups excluding carboxylic acids is 1. The van der Waals surface area contributed by atoms with E-state index in [-0.39, 0.29) is 21.9 Å². The fourth-order valence-corrected chi connectivity index (χ4v) is 7.78. The van der Waals surface area contributed by atoms with Gasteiger partial charge in [0.05, 0.1) is 18.8 Å². The molecule has 306 valence electrons. The number of nitrogens with one attached hydrogen (secondary N) is 3. The van der Waals surface area contributed by atoms with Crippen LogP contribution in [0.2, 0.25) is 0 Å². The summed E-state index contributed by atoms with van der Waals surface area (Å²) in [6, 6.07) is 29.4. The van der Waals surface area contributed by atoms with E-state index in [4.69, 9.17) is 14.6 Å². The summed E-state index contributed by atoms with van der Waals surface area (Å²) in [6.07, 6.45) is 7.75. The van der Waals surface area contributed by atoms with Crippen LogP contribution in [0.15, 0.2) is 140 Å². The average Bonchev–Trinajstić information content (AvgIpc) is 3.82. The number of pyridine rings is 2. The van der Waals surface area contributed by atoms with Gasteiger partial charge in [0, 0.05) is 67.8 Å². The molecule has 0 radical (unpaired) electrons. The molecule has 0 saturated heterocycles. The number of H-pyrrole nitrogens is 2. The number of aromatic nitrogens is 2. The number of furan rings is 2. The molecule has 0 aliphatic carbocycles. The van der Waals surface area contributed by atoms with E-state index in [0.29, 0.717) is 22.4 Å². The molecule has 0 aliphatic heterocycles. The zero-order valence-corrected chi connectivity index (χ0v) is 35.2. The summed E-state index contributed by atoms with van der Waals surface area (Å²) in [7, 11) is -3.34. The van der Waals surface area contributed by atoms with Crippen LogP contribution in [0, 0.1) is 0 Å². The Labute approximate surface area is 347 Å². The molecule has 5 N–H and O–H groups in total. The van der Waals surface area contributed by atoms with Crippen LogP contribution in [-0.4, -0.2) is 30.5 Å². The summed E-state index contributed by atoms with van der Waals surface area (Å²) in [5, 5.41) is 1.78. The lowest BCUT2D eigenvalue weighted by atomic mass is 9.83. The Morgan fingerprint density at radius 2 is 1.08 bits per heavy atom. The van der Waals surface area contributed by atoms with Gasteiger partial charge in [0.2, 0.25) is 15.9 Å². The normalized spacial score (nSPS) is 12.0. The highest BCUT2D eigenvalue weighted by atomic mass is 32.2. The molecule has 4 aromatic heterocycles. The molecular weight excluding hydrogens is 777 g/mol. The van der Waals surface area contributed by atoms with Gasteiger partial charge in [-0.15, -0.1) is 0 Å². The van der Waals surface area contributed by atoms with Crippen molar-refractivity contribution in [1.29, 1.82) is 0 Å². The third-order valence-corrected chi connectivity index (χ3v) is 10.8. The average molecular weight is 823 g/mol. The third kappa shape index (κ3) is 8.60. The molecule has 8 rings (SSSR count). The van der Waals surface area contributed by atoms with Gasteiger partial charge in [0.15, 0.2) is 0 Å². The summed E-state index contributed by atoms with van der Waals surface area (Å²) in [4.78, 5) is 41.9. The van der Waals surface area contributed by atoms with E-state index >= 15 is 0 Å². The van der Waals surface area contributed by atoms with Crippen LogP contribution in [-0.2, 0) is 20.9 Å². The second-order valence-electron chi connectivity index (χ2n) is 16.8. The minimum absolute atomic E-state index is 0.146. The molecule has 4 heterocycles. The van der Waals surface area contributed by atoms with E-state index in [9.17, 15) is 22.8 Å². The molecule has 0 bridgehead atoms. The molecule has 0 aliphatic rings. The van der Waals surface area contributed by atoms with Crippen molar-refractivity contribution in [2.24, 2.45) is 5.73 Å². The Morgan fingerprint density at radius 1 is 0.600 bits per heavy atom. The molecule has 0 atom stereocenters. The first-order chi connectivity index (χ1) is 28.3. The second kappa shape index (κ2) is 15.7. The number of rotatable bonds is 7. The van der Waals surface area contributed by atoms with Crippen molar-refractivity contribution in [2.45, 2.75) is 52.4 Å². The van der Waals surface area contributed by atoms with Gasteiger partial charge in [-0.2, -0.15) is 0 Å². The van der Waals surface area contributed by atoms with E-state index in [1.807, 2.05) is 54.6 Å². The number of amides is 1. The zero-order chi connectivity index (χ0) is 43.1. The number of hydrogen-bond acceptors (Lipinski definition) is 7. The highest BCUT2D eigenvalue weighted by Crippen LogP contribution is 2.41. The predicted molar refractivity (Wildman–Crippen MR) is 240 cm³/mol. The van der Waals surface area contributed by atoms with E-state index in [2.05, 4.69) is 56.2 Å². The van der Waals surface area contributed by atoms with Gasteiger partial charge in [-0.1, -0.05) is 65.8 Å². The lowest BCUT2D eigenvalue weighted by Crippen LogP contribution is -2.13. The predicted octanol–water partition coefficient (Wildman–Crippen LogP) is 9.98. The number of benzene rings is 4. The Morgan fingerprint density at radius 3 is 1.52 bits per heavy atom. The lowest BCUT2D eigenvalue weighted by Gasteiger charge is -2.20. The number of anilines is 1. The van der Waals surface area contributed by atoms with Gasteiger partial charge in [0.1, 0.15) is 11.2 Å². The van der Waals surface area contributed by atoms with Gasteiger partial charge in [-0.05, 0) is 106 Å². The summed E-state index contributed by atoms with van der Waals surface area (Å²) in [5.41, 5.74) is 15.5. The van der Waals surface area contributed by atoms with Gasteiger partial charge in [-0.25, -0.2) is 8.42 Å². The minimum atomic E-state index is -3.34. The quantitative estimate of drug-likeness (QED) is 0.123. The molecule has 0 saturated carbocycles. The van der Waals surface area contributed by atoms with E-state index < -0.39 is 15.9 Å². The Bertz CT molecular complexity index is 3140. The molecular formula is C48H46N4O7S. The van der Waals surface area contributed by atoms with Crippen LogP contribution >= 0.6 is 0 Å². The number of hydrogen-bond donors (Lipinski definition) is 4. The van der Waals surface area contributed by atoms with Crippen LogP contribution < -0.4 is 21.6 Å². The monoisotopic (exact) mass is 822 g/mol. The number of fused-ring (bicyclic) bond motifs is 2. The smallest absolute Gasteiger partial charge is 0.255 e. The van der Waals surface area contributed by atoms with Crippen molar-refractivity contribution >= 4 is 43.6 Å². The highest BCUT2D eigenvalue weighted by Gasteiger charge is 2.25. The van der Waals surface area contributed by atoms with Crippen molar-refractivity contribution < 1.29 is 22.0 Å². The standard InChI is InChI=1S/C24H24N2O4S.C24H22N2O3/c1-24(2,3)21-13-16(18-6-5-11-25-23(18)27)12-19-20(14-30-22(19)21)15-7-9-17(10-8-15)26-31(4,28)29;1-24(2,3)20-12-16(17-8-5-9-26-23(17)28)11-18-19(13-29-21(18)20)14-6-4-7-15(10-14)22(25)27/h5-14,26H,1-4H3,(H,25,27);4-13H,1-3H3,(H2,25,27)(H,26,28). The van der Waals surface area contributed by atoms with E-state index in [0.717, 1.165) is 72.7 Å². The minimum Gasteiger partial charge on any atom is -0.463 e. The number of aromatic amines is 2. The number of carbonyl (C=O) groups is 1. The fraction of sp³-hybridized carbons (Fsp3) is 0.188. The van der Waals surface area contributed by atoms with Gasteiger partial charge < -0.3 is 24.5 Å². The summed E-state index contributed by atoms with van der Waals surface area (Å²) in [6.45, 7) is 12.6. The Hall–Kier alpha value is -6.92. The molecule has 0 fully saturated rings. The van der Waals surface area contributed by atoms with E-state index in [1.165, 1.54) is 0 Å². The Balaban J connectivity index is 0.000000182. The van der Waals surface area contributed by atoms with Crippen LogP contribution in [0.4, 0.5) is 5.69 Å². The van der Waals surface area contributed by atoms with Crippen LogP contribution in [0.5, 0.6) is 0 Å². The summed E-state index contributed by atoms with van der Waals surface area (Å²) >= 11 is 0. The van der Waals surface area contributed by atoms with Crippen LogP contribution in [0.1, 0.15) is 63.0 Å². The first-order valence-electron chi connectivity index (χ1n) is 19.2. The van der Waals surface area contributed by atoms with Crippen molar-refractivity contribution in [3.05, 3.63) is 159 Å². The number of primary amides is 1. The fourth-order valence-electron chi connectivity index (χ4n) is 7.22. The largest absolute Gasteiger partial charge is 0.463 e. The Kier molecular flexibility index (Phi) is 10.8. The number of nitrogens with two attached hydrogens (primary N) is 1. The van der Waals surface area contributed by atoms with Crippen molar-refractivity contribution in [1.82, 2.24) is 9.97 Å². The second-order valence-corrected chi connectivity index (χ2v) is 18.6.